The fourth-order valence-corrected chi connectivity index (χ4v) is 5.67. The summed E-state index contributed by atoms with van der Waals surface area (Å²) >= 11 is 0. The van der Waals surface area contributed by atoms with E-state index in [4.69, 9.17) is 14.5 Å². The van der Waals surface area contributed by atoms with Gasteiger partial charge in [-0.1, -0.05) is 48.6 Å². The lowest BCUT2D eigenvalue weighted by atomic mass is 9.62. The van der Waals surface area contributed by atoms with E-state index < -0.39 is 11.0 Å². The van der Waals surface area contributed by atoms with Crippen LogP contribution in [0.25, 0.3) is 23.1 Å². The minimum absolute atomic E-state index is 0.0594. The quantitative estimate of drug-likeness (QED) is 0.331. The molecule has 1 saturated heterocycles. The number of methoxy groups -OCH3 is 1. The normalized spacial score (nSPS) is 21.4. The number of benzene rings is 2. The van der Waals surface area contributed by atoms with E-state index in [0.29, 0.717) is 25.8 Å². The molecular weight excluding hydrogens is 464 g/mol. The SMILES string of the molecule is COC(=O)[C@]12Cc3cc4cc(/C=C/c5ccccc5)ccc4nc3C[C@@H]1CCN(C(=O)OC(C)(C)C)C2. The predicted molar refractivity (Wildman–Crippen MR) is 145 cm³/mol. The van der Waals surface area contributed by atoms with Crippen molar-refractivity contribution in [3.63, 3.8) is 0 Å². The van der Waals surface area contributed by atoms with Gasteiger partial charge < -0.3 is 14.4 Å². The van der Waals surface area contributed by atoms with Gasteiger partial charge in [-0.15, -0.1) is 0 Å². The van der Waals surface area contributed by atoms with Crippen LogP contribution in [0.3, 0.4) is 0 Å². The summed E-state index contributed by atoms with van der Waals surface area (Å²) in [7, 11) is 1.43. The van der Waals surface area contributed by atoms with E-state index in [-0.39, 0.29) is 24.5 Å². The number of carbonyl (C=O) groups is 2. The number of aromatic nitrogens is 1. The molecule has 0 unspecified atom stereocenters. The molecule has 1 aliphatic carbocycles. The maximum absolute atomic E-state index is 13.3. The molecule has 3 aromatic rings. The van der Waals surface area contributed by atoms with Crippen LogP contribution in [-0.4, -0.2) is 47.7 Å². The first-order valence-electron chi connectivity index (χ1n) is 12.9. The molecule has 2 atom stereocenters. The summed E-state index contributed by atoms with van der Waals surface area (Å²) in [5.74, 6) is -0.208. The van der Waals surface area contributed by atoms with E-state index in [1.165, 1.54) is 7.11 Å². The van der Waals surface area contributed by atoms with Crippen LogP contribution in [0, 0.1) is 11.3 Å². The number of likely N-dealkylation sites (tertiary alicyclic amines) is 1. The van der Waals surface area contributed by atoms with Gasteiger partial charge in [0.05, 0.1) is 18.0 Å². The highest BCUT2D eigenvalue weighted by Gasteiger charge is 2.54. The molecule has 1 aliphatic heterocycles. The summed E-state index contributed by atoms with van der Waals surface area (Å²) in [6, 6.07) is 18.6. The van der Waals surface area contributed by atoms with E-state index in [0.717, 1.165) is 33.3 Å². The largest absolute Gasteiger partial charge is 0.469 e. The zero-order chi connectivity index (χ0) is 26.2. The number of ether oxygens (including phenoxy) is 2. The lowest BCUT2D eigenvalue weighted by molar-refractivity contribution is -0.161. The molecule has 0 saturated carbocycles. The minimum atomic E-state index is -0.808. The Morgan fingerprint density at radius 1 is 1.05 bits per heavy atom. The summed E-state index contributed by atoms with van der Waals surface area (Å²) in [5.41, 5.74) is 3.86. The monoisotopic (exact) mass is 498 g/mol. The predicted octanol–water partition coefficient (Wildman–Crippen LogP) is 5.92. The number of pyridine rings is 1. The van der Waals surface area contributed by atoms with Gasteiger partial charge in [0.1, 0.15) is 5.60 Å². The highest BCUT2D eigenvalue weighted by molar-refractivity contribution is 5.85. The Hall–Kier alpha value is -3.67. The first-order valence-corrected chi connectivity index (χ1v) is 12.9. The molecule has 5 rings (SSSR count). The molecular formula is C31H34N2O4. The second-order valence-corrected chi connectivity index (χ2v) is 11.2. The van der Waals surface area contributed by atoms with Gasteiger partial charge in [0.15, 0.2) is 0 Å². The van der Waals surface area contributed by atoms with Gasteiger partial charge in [-0.25, -0.2) is 4.79 Å². The van der Waals surface area contributed by atoms with Gasteiger partial charge in [-0.2, -0.15) is 0 Å². The van der Waals surface area contributed by atoms with Crippen molar-refractivity contribution in [3.05, 3.63) is 77.0 Å². The van der Waals surface area contributed by atoms with Crippen LogP contribution in [0.4, 0.5) is 4.79 Å². The lowest BCUT2D eigenvalue weighted by Crippen LogP contribution is -2.58. The molecule has 1 aromatic heterocycles. The van der Waals surface area contributed by atoms with Crippen molar-refractivity contribution in [2.75, 3.05) is 20.2 Å². The van der Waals surface area contributed by atoms with E-state index >= 15 is 0 Å². The maximum atomic E-state index is 13.3. The lowest BCUT2D eigenvalue weighted by Gasteiger charge is -2.48. The van der Waals surface area contributed by atoms with Gasteiger partial charge in [0.2, 0.25) is 0 Å². The van der Waals surface area contributed by atoms with E-state index in [9.17, 15) is 9.59 Å². The molecule has 0 radical (unpaired) electrons. The first-order chi connectivity index (χ1) is 17.7. The average Bonchev–Trinajstić information content (AvgIpc) is 2.88. The van der Waals surface area contributed by atoms with E-state index in [1.807, 2.05) is 39.0 Å². The highest BCUT2D eigenvalue weighted by Crippen LogP contribution is 2.46. The Morgan fingerprint density at radius 2 is 1.81 bits per heavy atom. The van der Waals surface area contributed by atoms with Crippen molar-refractivity contribution >= 4 is 35.1 Å². The van der Waals surface area contributed by atoms with Crippen LogP contribution in [-0.2, 0) is 27.1 Å². The molecule has 2 heterocycles. The van der Waals surface area contributed by atoms with E-state index in [1.54, 1.807) is 4.90 Å². The molecule has 0 bridgehead atoms. The molecule has 192 valence electrons. The third-order valence-corrected chi connectivity index (χ3v) is 7.47. The van der Waals surface area contributed by atoms with Crippen molar-refractivity contribution in [1.29, 1.82) is 0 Å². The molecule has 0 spiro atoms. The summed E-state index contributed by atoms with van der Waals surface area (Å²) < 4.78 is 11.0. The van der Waals surface area contributed by atoms with Crippen molar-refractivity contribution < 1.29 is 19.1 Å². The van der Waals surface area contributed by atoms with Gasteiger partial charge in [0.25, 0.3) is 0 Å². The smallest absolute Gasteiger partial charge is 0.410 e. The average molecular weight is 499 g/mol. The molecule has 0 N–H and O–H groups in total. The molecule has 1 amide bonds. The number of piperidine rings is 1. The molecule has 6 heteroatoms. The summed E-state index contributed by atoms with van der Waals surface area (Å²) in [4.78, 5) is 32.9. The van der Waals surface area contributed by atoms with Crippen LogP contribution >= 0.6 is 0 Å². The molecule has 6 nitrogen and oxygen atoms in total. The standard InChI is InChI=1S/C31H34N2O4/c1-30(2,3)37-29(35)33-15-14-25-18-27-24(19-31(25,20-33)28(34)36-4)17-23-16-22(12-13-26(23)32-27)11-10-21-8-6-5-7-9-21/h5-13,16-17,25H,14-15,18-20H2,1-4H3/b11-10+/t25-,31-/m0/s1. The van der Waals surface area contributed by atoms with Crippen LogP contribution in [0.15, 0.2) is 54.6 Å². The number of esters is 1. The summed E-state index contributed by atoms with van der Waals surface area (Å²) in [6.07, 6.45) is 5.70. The second-order valence-electron chi connectivity index (χ2n) is 11.2. The Kier molecular flexibility index (Phi) is 6.52. The van der Waals surface area contributed by atoms with Gasteiger partial charge in [-0.3, -0.25) is 9.78 Å². The number of hydrogen-bond donors (Lipinski definition) is 0. The van der Waals surface area contributed by atoms with Crippen LogP contribution in [0.5, 0.6) is 0 Å². The number of rotatable bonds is 3. The second kappa shape index (κ2) is 9.66. The topological polar surface area (TPSA) is 68.7 Å². The van der Waals surface area contributed by atoms with Crippen molar-refractivity contribution in [3.8, 4) is 0 Å². The zero-order valence-electron chi connectivity index (χ0n) is 22.0. The van der Waals surface area contributed by atoms with Crippen LogP contribution in [0.2, 0.25) is 0 Å². The Bertz CT molecular complexity index is 1360. The Morgan fingerprint density at radius 3 is 2.54 bits per heavy atom. The third-order valence-electron chi connectivity index (χ3n) is 7.47. The van der Waals surface area contributed by atoms with Crippen molar-refractivity contribution in [2.24, 2.45) is 11.3 Å². The van der Waals surface area contributed by atoms with Crippen LogP contribution in [0.1, 0.15) is 49.6 Å². The molecule has 2 aliphatic rings. The Labute approximate surface area is 218 Å². The molecule has 1 fully saturated rings. The third kappa shape index (κ3) is 5.10. The van der Waals surface area contributed by atoms with Crippen molar-refractivity contribution in [1.82, 2.24) is 9.88 Å². The van der Waals surface area contributed by atoms with E-state index in [2.05, 4.69) is 48.6 Å². The summed E-state index contributed by atoms with van der Waals surface area (Å²) in [5, 5.41) is 1.03. The zero-order valence-corrected chi connectivity index (χ0v) is 22.0. The number of fused-ring (bicyclic) bond motifs is 3. The van der Waals surface area contributed by atoms with Crippen LogP contribution < -0.4 is 0 Å². The van der Waals surface area contributed by atoms with Gasteiger partial charge in [-0.05, 0) is 80.8 Å². The number of nitrogens with zero attached hydrogens (tertiary/aromatic N) is 2. The van der Waals surface area contributed by atoms with Gasteiger partial charge >= 0.3 is 12.1 Å². The fourth-order valence-electron chi connectivity index (χ4n) is 5.67. The number of hydrogen-bond acceptors (Lipinski definition) is 5. The highest BCUT2D eigenvalue weighted by atomic mass is 16.6. The fraction of sp³-hybridized carbons (Fsp3) is 0.387. The maximum Gasteiger partial charge on any atom is 0.410 e. The minimum Gasteiger partial charge on any atom is -0.469 e. The summed E-state index contributed by atoms with van der Waals surface area (Å²) in [6.45, 7) is 6.40. The number of carbonyl (C=O) groups excluding carboxylic acids is 2. The molecule has 37 heavy (non-hydrogen) atoms. The molecule has 2 aromatic carbocycles. The Balaban J connectivity index is 1.46. The van der Waals surface area contributed by atoms with Gasteiger partial charge in [0, 0.05) is 24.2 Å². The number of amides is 1. The first kappa shape index (κ1) is 25.0. The van der Waals surface area contributed by atoms with Crippen molar-refractivity contribution in [2.45, 2.75) is 45.6 Å².